The van der Waals surface area contributed by atoms with E-state index in [0.29, 0.717) is 46.4 Å². The normalized spacial score (nSPS) is 16.4. The lowest BCUT2D eigenvalue weighted by Crippen LogP contribution is -2.19. The molecule has 0 bridgehead atoms. The first kappa shape index (κ1) is 20.5. The van der Waals surface area contributed by atoms with E-state index in [-0.39, 0.29) is 24.0 Å². The Bertz CT molecular complexity index is 1120. The minimum Gasteiger partial charge on any atom is -0.376 e. The number of primary amides is 1. The summed E-state index contributed by atoms with van der Waals surface area (Å²) in [5.41, 5.74) is 6.81. The molecular formula is C20H24N6O3S. The number of H-pyrrole nitrogens is 1. The first-order valence-corrected chi connectivity index (χ1v) is 10.9. The van der Waals surface area contributed by atoms with Crippen molar-refractivity contribution in [3.63, 3.8) is 0 Å². The average molecular weight is 429 g/mol. The van der Waals surface area contributed by atoms with E-state index in [1.54, 1.807) is 6.07 Å². The van der Waals surface area contributed by atoms with Gasteiger partial charge in [-0.25, -0.2) is 4.98 Å². The summed E-state index contributed by atoms with van der Waals surface area (Å²) >= 11 is 1.45. The number of hydrogen-bond donors (Lipinski definition) is 2. The van der Waals surface area contributed by atoms with Gasteiger partial charge in [-0.1, -0.05) is 23.9 Å². The molecule has 3 N–H and O–H groups in total. The Morgan fingerprint density at radius 2 is 2.27 bits per heavy atom. The third kappa shape index (κ3) is 4.54. The van der Waals surface area contributed by atoms with Crippen LogP contribution in [0.15, 0.2) is 28.2 Å². The number of amides is 1. The van der Waals surface area contributed by atoms with Crippen LogP contribution in [0.25, 0.3) is 10.9 Å². The number of thioether (sulfide) groups is 1. The van der Waals surface area contributed by atoms with Crippen LogP contribution in [0, 0.1) is 6.92 Å². The highest BCUT2D eigenvalue weighted by Crippen LogP contribution is 2.24. The maximum Gasteiger partial charge on any atom is 0.258 e. The first-order valence-electron chi connectivity index (χ1n) is 9.94. The summed E-state index contributed by atoms with van der Waals surface area (Å²) in [5.74, 6) is 1.36. The molecule has 0 saturated carbocycles. The quantitative estimate of drug-likeness (QED) is 0.523. The third-order valence-corrected chi connectivity index (χ3v) is 6.10. The number of aromatic nitrogens is 5. The number of nitrogens with zero attached hydrogens (tertiary/aromatic N) is 4. The van der Waals surface area contributed by atoms with Gasteiger partial charge in [0.15, 0.2) is 5.16 Å². The second-order valence-corrected chi connectivity index (χ2v) is 8.33. The highest BCUT2D eigenvalue weighted by atomic mass is 32.2. The summed E-state index contributed by atoms with van der Waals surface area (Å²) in [6, 6.07) is 5.56. The monoisotopic (exact) mass is 428 g/mol. The van der Waals surface area contributed by atoms with E-state index in [1.165, 1.54) is 11.8 Å². The Balaban J connectivity index is 1.56. The van der Waals surface area contributed by atoms with Gasteiger partial charge in [0.05, 0.1) is 29.3 Å². The second-order valence-electron chi connectivity index (χ2n) is 7.38. The number of nitrogens with two attached hydrogens (primary N) is 1. The molecule has 0 aliphatic carbocycles. The maximum atomic E-state index is 12.4. The number of para-hydroxylation sites is 1. The fourth-order valence-corrected chi connectivity index (χ4v) is 4.41. The van der Waals surface area contributed by atoms with Gasteiger partial charge in [-0.3, -0.25) is 9.59 Å². The van der Waals surface area contributed by atoms with Crippen LogP contribution in [0.1, 0.15) is 36.5 Å². The zero-order valence-corrected chi connectivity index (χ0v) is 17.6. The number of fused-ring (bicyclic) bond motifs is 1. The van der Waals surface area contributed by atoms with Crippen LogP contribution in [0.2, 0.25) is 0 Å². The summed E-state index contributed by atoms with van der Waals surface area (Å²) in [6.07, 6.45) is 2.77. The number of hydrogen-bond acceptors (Lipinski definition) is 7. The number of aromatic amines is 1. The van der Waals surface area contributed by atoms with Gasteiger partial charge in [0.25, 0.3) is 5.56 Å². The number of benzene rings is 1. The minimum absolute atomic E-state index is 0.105. The molecule has 2 aromatic heterocycles. The molecule has 1 fully saturated rings. The molecule has 1 aromatic carbocycles. The zero-order chi connectivity index (χ0) is 21.1. The smallest absolute Gasteiger partial charge is 0.258 e. The van der Waals surface area contributed by atoms with Gasteiger partial charge in [-0.05, 0) is 31.4 Å². The molecule has 1 aliphatic heterocycles. The molecule has 0 spiro atoms. The molecule has 158 valence electrons. The highest BCUT2D eigenvalue weighted by Gasteiger charge is 2.21. The van der Waals surface area contributed by atoms with Gasteiger partial charge in [-0.15, -0.1) is 10.2 Å². The minimum atomic E-state index is -0.371. The molecule has 10 heteroatoms. The molecule has 4 rings (SSSR count). The van der Waals surface area contributed by atoms with E-state index >= 15 is 0 Å². The number of carbonyl (C=O) groups excluding carboxylic acids is 1. The number of carbonyl (C=O) groups is 1. The van der Waals surface area contributed by atoms with Crippen molar-refractivity contribution >= 4 is 28.6 Å². The third-order valence-electron chi connectivity index (χ3n) is 5.12. The van der Waals surface area contributed by atoms with Crippen molar-refractivity contribution in [3.05, 3.63) is 45.8 Å². The molecule has 1 aliphatic rings. The maximum absolute atomic E-state index is 12.4. The number of aryl methyl sites for hydroxylation is 2. The Labute approximate surface area is 177 Å². The van der Waals surface area contributed by atoms with Crippen LogP contribution in [0.5, 0.6) is 0 Å². The van der Waals surface area contributed by atoms with E-state index in [0.717, 1.165) is 25.0 Å². The highest BCUT2D eigenvalue weighted by molar-refractivity contribution is 7.98. The van der Waals surface area contributed by atoms with Crippen LogP contribution in [-0.4, -0.2) is 43.4 Å². The van der Waals surface area contributed by atoms with Crippen LogP contribution >= 0.6 is 11.8 Å². The van der Waals surface area contributed by atoms with Gasteiger partial charge in [0.2, 0.25) is 5.91 Å². The predicted octanol–water partition coefficient (Wildman–Crippen LogP) is 1.71. The number of rotatable bonds is 8. The van der Waals surface area contributed by atoms with E-state index in [2.05, 4.69) is 20.2 Å². The summed E-state index contributed by atoms with van der Waals surface area (Å²) in [6.45, 7) is 3.33. The lowest BCUT2D eigenvalue weighted by molar-refractivity contribution is -0.118. The Kier molecular flexibility index (Phi) is 6.14. The Hall–Kier alpha value is -2.72. The largest absolute Gasteiger partial charge is 0.376 e. The summed E-state index contributed by atoms with van der Waals surface area (Å²) in [5, 5.41) is 9.85. The van der Waals surface area contributed by atoms with Gasteiger partial charge in [0.1, 0.15) is 11.6 Å². The van der Waals surface area contributed by atoms with Crippen LogP contribution in [0.4, 0.5) is 0 Å². The number of nitrogens with one attached hydrogen (secondary N) is 1. The molecule has 1 atom stereocenters. The van der Waals surface area contributed by atoms with Gasteiger partial charge < -0.3 is 20.0 Å². The standard InChI is InChI=1S/C20H24N6O3S/c1-12-4-2-6-14-18(12)22-16(23-19(14)28)11-30-20-25-24-17(8-7-15(21)27)26(20)10-13-5-3-9-29-13/h2,4,6,13H,3,5,7-11H2,1H3,(H2,21,27)(H,22,23,28). The first-order chi connectivity index (χ1) is 14.5. The molecule has 3 heterocycles. The van der Waals surface area contributed by atoms with Crippen molar-refractivity contribution in [2.45, 2.75) is 56.2 Å². The Morgan fingerprint density at radius 1 is 1.40 bits per heavy atom. The molecule has 1 amide bonds. The van der Waals surface area contributed by atoms with Crippen molar-refractivity contribution in [3.8, 4) is 0 Å². The van der Waals surface area contributed by atoms with Crippen molar-refractivity contribution in [2.24, 2.45) is 5.73 Å². The average Bonchev–Trinajstić information content (AvgIpc) is 3.36. The van der Waals surface area contributed by atoms with Crippen LogP contribution in [0.3, 0.4) is 0 Å². The SMILES string of the molecule is Cc1cccc2c(=O)[nH]c(CSc3nnc(CCC(N)=O)n3CC3CCCO3)nc12. The van der Waals surface area contributed by atoms with Gasteiger partial charge >= 0.3 is 0 Å². The van der Waals surface area contributed by atoms with Crippen LogP contribution in [-0.2, 0) is 28.2 Å². The van der Waals surface area contributed by atoms with Crippen molar-refractivity contribution in [1.82, 2.24) is 24.7 Å². The molecule has 1 unspecified atom stereocenters. The molecule has 0 radical (unpaired) electrons. The van der Waals surface area contributed by atoms with E-state index in [1.807, 2.05) is 23.6 Å². The van der Waals surface area contributed by atoms with E-state index in [9.17, 15) is 9.59 Å². The molecular weight excluding hydrogens is 404 g/mol. The zero-order valence-electron chi connectivity index (χ0n) is 16.8. The summed E-state index contributed by atoms with van der Waals surface area (Å²) in [4.78, 5) is 31.1. The molecule has 30 heavy (non-hydrogen) atoms. The number of ether oxygens (including phenoxy) is 1. The van der Waals surface area contributed by atoms with Crippen LogP contribution < -0.4 is 11.3 Å². The van der Waals surface area contributed by atoms with E-state index in [4.69, 9.17) is 10.5 Å². The summed E-state index contributed by atoms with van der Waals surface area (Å²) < 4.78 is 7.76. The molecule has 3 aromatic rings. The molecule has 1 saturated heterocycles. The van der Waals surface area contributed by atoms with Crippen molar-refractivity contribution in [2.75, 3.05) is 6.61 Å². The lowest BCUT2D eigenvalue weighted by atomic mass is 10.1. The van der Waals surface area contributed by atoms with Crippen molar-refractivity contribution in [1.29, 1.82) is 0 Å². The Morgan fingerprint density at radius 3 is 3.03 bits per heavy atom. The molecule has 9 nitrogen and oxygen atoms in total. The van der Waals surface area contributed by atoms with Gasteiger partial charge in [0, 0.05) is 19.4 Å². The van der Waals surface area contributed by atoms with Gasteiger partial charge in [-0.2, -0.15) is 0 Å². The fraction of sp³-hybridized carbons (Fsp3) is 0.450. The van der Waals surface area contributed by atoms with E-state index < -0.39 is 0 Å². The fourth-order valence-electron chi connectivity index (χ4n) is 3.57. The summed E-state index contributed by atoms with van der Waals surface area (Å²) in [7, 11) is 0. The van der Waals surface area contributed by atoms with Crippen molar-refractivity contribution < 1.29 is 9.53 Å². The topological polar surface area (TPSA) is 129 Å². The lowest BCUT2D eigenvalue weighted by Gasteiger charge is -2.14. The second kappa shape index (κ2) is 8.97. The predicted molar refractivity (Wildman–Crippen MR) is 113 cm³/mol.